The van der Waals surface area contributed by atoms with Crippen LogP contribution in [0.25, 0.3) is 0 Å². The molecule has 1 aliphatic carbocycles. The molecular weight excluding hydrogens is 444 g/mol. The topological polar surface area (TPSA) is 98.3 Å². The summed E-state index contributed by atoms with van der Waals surface area (Å²) >= 11 is 0. The predicted octanol–water partition coefficient (Wildman–Crippen LogP) is 2.00. The second-order valence-corrected chi connectivity index (χ2v) is 11.5. The van der Waals surface area contributed by atoms with Gasteiger partial charge in [-0.2, -0.15) is 4.31 Å². The van der Waals surface area contributed by atoms with Gasteiger partial charge in [0.2, 0.25) is 10.0 Å². The Morgan fingerprint density at radius 1 is 1.03 bits per heavy atom. The summed E-state index contributed by atoms with van der Waals surface area (Å²) in [6, 6.07) is 5.69. The number of nitrogens with zero attached hydrogens (tertiary/aromatic N) is 4. The molecule has 1 aromatic rings. The van der Waals surface area contributed by atoms with Gasteiger partial charge in [0.05, 0.1) is 11.6 Å². The van der Waals surface area contributed by atoms with Gasteiger partial charge in [0.15, 0.2) is 5.78 Å². The summed E-state index contributed by atoms with van der Waals surface area (Å²) in [4.78, 5) is 42.7. The number of rotatable bonds is 5. The summed E-state index contributed by atoms with van der Waals surface area (Å²) in [5.74, 6) is 0.325. The molecule has 1 spiro atoms. The zero-order valence-corrected chi connectivity index (χ0v) is 20.3. The minimum Gasteiger partial charge on any atom is -0.313 e. The minimum atomic E-state index is -3.67. The molecular formula is C23H32N4O5S. The van der Waals surface area contributed by atoms with Crippen molar-refractivity contribution < 1.29 is 22.8 Å². The minimum absolute atomic E-state index is 0.117. The number of hydrogen-bond donors (Lipinski definition) is 0. The van der Waals surface area contributed by atoms with Crippen LogP contribution < -0.4 is 0 Å². The Balaban J connectivity index is 1.39. The van der Waals surface area contributed by atoms with Crippen molar-refractivity contribution in [3.63, 3.8) is 0 Å². The molecule has 33 heavy (non-hydrogen) atoms. The van der Waals surface area contributed by atoms with Gasteiger partial charge in [-0.3, -0.25) is 14.5 Å². The van der Waals surface area contributed by atoms with Crippen molar-refractivity contribution >= 4 is 27.7 Å². The molecule has 3 aliphatic rings. The van der Waals surface area contributed by atoms with Crippen LogP contribution in [0.5, 0.6) is 0 Å². The smallest absolute Gasteiger partial charge is 0.313 e. The Kier molecular flexibility index (Phi) is 6.36. The second-order valence-electron chi connectivity index (χ2n) is 9.53. The first-order valence-electron chi connectivity index (χ1n) is 11.5. The van der Waals surface area contributed by atoms with E-state index in [0.29, 0.717) is 37.4 Å². The molecule has 0 atom stereocenters. The van der Waals surface area contributed by atoms with Gasteiger partial charge >= 0.3 is 6.03 Å². The lowest BCUT2D eigenvalue weighted by atomic mass is 9.76. The van der Waals surface area contributed by atoms with E-state index in [1.807, 2.05) is 4.90 Å². The van der Waals surface area contributed by atoms with Crippen molar-refractivity contribution in [2.75, 3.05) is 39.9 Å². The molecule has 0 radical (unpaired) electrons. The molecule has 3 amide bonds. The predicted molar refractivity (Wildman–Crippen MR) is 122 cm³/mol. The average molecular weight is 477 g/mol. The lowest BCUT2D eigenvalue weighted by molar-refractivity contribution is -0.136. The first kappa shape index (κ1) is 23.8. The molecule has 180 valence electrons. The van der Waals surface area contributed by atoms with E-state index in [-0.39, 0.29) is 42.4 Å². The molecule has 10 heteroatoms. The van der Waals surface area contributed by atoms with Gasteiger partial charge in [0, 0.05) is 38.8 Å². The molecule has 1 saturated carbocycles. The maximum absolute atomic E-state index is 13.3. The van der Waals surface area contributed by atoms with Crippen molar-refractivity contribution in [1.82, 2.24) is 19.0 Å². The fourth-order valence-corrected chi connectivity index (χ4v) is 6.50. The lowest BCUT2D eigenvalue weighted by Crippen LogP contribution is -2.53. The monoisotopic (exact) mass is 476 g/mol. The van der Waals surface area contributed by atoms with E-state index in [1.54, 1.807) is 11.9 Å². The van der Waals surface area contributed by atoms with Crippen LogP contribution in [0.1, 0.15) is 49.9 Å². The van der Waals surface area contributed by atoms with E-state index < -0.39 is 15.6 Å². The number of likely N-dealkylation sites (N-methyl/N-ethyl adjacent to an activating group) is 1. The normalized spacial score (nSPS) is 27.5. The molecule has 3 fully saturated rings. The molecule has 0 unspecified atom stereocenters. The second kappa shape index (κ2) is 8.81. The maximum atomic E-state index is 13.3. The highest BCUT2D eigenvalue weighted by Crippen LogP contribution is 2.41. The number of benzene rings is 1. The Labute approximate surface area is 195 Å². The van der Waals surface area contributed by atoms with Gasteiger partial charge in [0.1, 0.15) is 5.54 Å². The number of urea groups is 1. The van der Waals surface area contributed by atoms with Crippen LogP contribution in [0, 0.1) is 5.92 Å². The van der Waals surface area contributed by atoms with Gasteiger partial charge in [-0.25, -0.2) is 18.1 Å². The summed E-state index contributed by atoms with van der Waals surface area (Å²) < 4.78 is 27.4. The Hall–Kier alpha value is -2.30. The first-order chi connectivity index (χ1) is 15.6. The van der Waals surface area contributed by atoms with E-state index in [0.717, 1.165) is 12.8 Å². The van der Waals surface area contributed by atoms with Crippen LogP contribution in [0.3, 0.4) is 0 Å². The fraction of sp³-hybridized carbons (Fsp3) is 0.609. The van der Waals surface area contributed by atoms with E-state index in [9.17, 15) is 22.8 Å². The number of sulfonamides is 1. The zero-order chi connectivity index (χ0) is 24.0. The number of piperazine rings is 1. The highest BCUT2D eigenvalue weighted by Gasteiger charge is 2.56. The third-order valence-corrected chi connectivity index (χ3v) is 9.39. The van der Waals surface area contributed by atoms with E-state index >= 15 is 0 Å². The van der Waals surface area contributed by atoms with Crippen LogP contribution in [-0.2, 0) is 14.8 Å². The number of ketones is 1. The molecule has 2 heterocycles. The van der Waals surface area contributed by atoms with Crippen molar-refractivity contribution in [3.8, 4) is 0 Å². The number of carbonyl (C=O) groups excluding carboxylic acids is 3. The largest absolute Gasteiger partial charge is 0.328 e. The number of hydrogen-bond acceptors (Lipinski definition) is 6. The molecule has 2 saturated heterocycles. The summed E-state index contributed by atoms with van der Waals surface area (Å²) in [5, 5.41) is 0. The van der Waals surface area contributed by atoms with Crippen LogP contribution in [0.4, 0.5) is 4.79 Å². The van der Waals surface area contributed by atoms with Crippen molar-refractivity contribution in [2.45, 2.75) is 50.0 Å². The highest BCUT2D eigenvalue weighted by atomic mass is 32.2. The van der Waals surface area contributed by atoms with Crippen molar-refractivity contribution in [3.05, 3.63) is 29.8 Å². The number of Topliss-reactive ketones (excluding diaryl/α,β-unsaturated/α-hetero) is 1. The number of amides is 3. The van der Waals surface area contributed by atoms with Crippen LogP contribution >= 0.6 is 0 Å². The SMILES string of the molecule is CC(=O)c1ccc(S(=O)(=O)N2CCN(CN3C(=O)N(C)C4(CCC(C)CC4)C3=O)CC2)cc1. The van der Waals surface area contributed by atoms with Crippen LogP contribution in [0.15, 0.2) is 29.2 Å². The maximum Gasteiger partial charge on any atom is 0.328 e. The molecule has 4 rings (SSSR count). The summed E-state index contributed by atoms with van der Waals surface area (Å²) in [6.07, 6.45) is 3.25. The quantitative estimate of drug-likeness (QED) is 0.476. The van der Waals surface area contributed by atoms with Gasteiger partial charge < -0.3 is 4.90 Å². The molecule has 9 nitrogen and oxygen atoms in total. The zero-order valence-electron chi connectivity index (χ0n) is 19.5. The van der Waals surface area contributed by atoms with Gasteiger partial charge in [0.25, 0.3) is 5.91 Å². The third kappa shape index (κ3) is 4.20. The van der Waals surface area contributed by atoms with Gasteiger partial charge in [-0.05, 0) is 50.7 Å². The van der Waals surface area contributed by atoms with E-state index in [4.69, 9.17) is 0 Å². The lowest BCUT2D eigenvalue weighted by Gasteiger charge is -2.38. The third-order valence-electron chi connectivity index (χ3n) is 7.48. The number of carbonyl (C=O) groups is 3. The molecule has 1 aromatic carbocycles. The van der Waals surface area contributed by atoms with Gasteiger partial charge in [-0.15, -0.1) is 0 Å². The Bertz CT molecular complexity index is 1040. The van der Waals surface area contributed by atoms with Crippen LogP contribution in [-0.4, -0.2) is 90.6 Å². The molecule has 0 aromatic heterocycles. The molecule has 0 N–H and O–H groups in total. The highest BCUT2D eigenvalue weighted by molar-refractivity contribution is 7.89. The Morgan fingerprint density at radius 2 is 1.61 bits per heavy atom. The standard InChI is InChI=1S/C23H32N4O5S/c1-17-8-10-23(11-9-17)21(29)27(22(30)24(23)3)16-25-12-14-26(15-13-25)33(31,32)20-6-4-19(5-7-20)18(2)28/h4-7,17H,8-16H2,1-3H3. The van der Waals surface area contributed by atoms with Gasteiger partial charge in [-0.1, -0.05) is 19.1 Å². The van der Waals surface area contributed by atoms with Crippen molar-refractivity contribution in [1.29, 1.82) is 0 Å². The summed E-state index contributed by atoms with van der Waals surface area (Å²) in [6.45, 7) is 5.19. The summed E-state index contributed by atoms with van der Waals surface area (Å²) in [7, 11) is -1.95. The Morgan fingerprint density at radius 3 is 2.15 bits per heavy atom. The molecule has 2 aliphatic heterocycles. The van der Waals surface area contributed by atoms with E-state index in [2.05, 4.69) is 6.92 Å². The average Bonchev–Trinajstić information content (AvgIpc) is 2.97. The summed E-state index contributed by atoms with van der Waals surface area (Å²) in [5.41, 5.74) is -0.255. The van der Waals surface area contributed by atoms with Crippen molar-refractivity contribution in [2.24, 2.45) is 5.92 Å². The first-order valence-corrected chi connectivity index (χ1v) is 12.9. The number of imide groups is 1. The van der Waals surface area contributed by atoms with E-state index in [1.165, 1.54) is 40.4 Å². The van der Waals surface area contributed by atoms with Crippen LogP contribution in [0.2, 0.25) is 0 Å². The molecule has 0 bridgehead atoms. The fourth-order valence-electron chi connectivity index (χ4n) is 5.08.